The van der Waals surface area contributed by atoms with E-state index in [2.05, 4.69) is 5.32 Å². The lowest BCUT2D eigenvalue weighted by Crippen LogP contribution is -2.23. The molecule has 0 spiro atoms. The molecule has 2 rings (SSSR count). The smallest absolute Gasteiger partial charge is 0.254 e. The number of rotatable bonds is 6. The highest BCUT2D eigenvalue weighted by molar-refractivity contribution is 6.30. The Hall–Kier alpha value is -1.91. The van der Waals surface area contributed by atoms with E-state index in [4.69, 9.17) is 16.3 Å². The van der Waals surface area contributed by atoms with Crippen LogP contribution in [0.15, 0.2) is 42.5 Å². The fraction of sp³-hybridized carbons (Fsp3) is 0.278. The fourth-order valence-corrected chi connectivity index (χ4v) is 2.21. The van der Waals surface area contributed by atoms with Crippen LogP contribution in [-0.2, 0) is 17.9 Å². The van der Waals surface area contributed by atoms with Gasteiger partial charge in [-0.3, -0.25) is 4.79 Å². The summed E-state index contributed by atoms with van der Waals surface area (Å²) < 4.78 is 19.2. The zero-order chi connectivity index (χ0) is 16.8. The van der Waals surface area contributed by atoms with Crippen molar-refractivity contribution in [2.24, 2.45) is 0 Å². The minimum Gasteiger partial charge on any atom is -0.374 e. The van der Waals surface area contributed by atoms with Crippen LogP contribution in [0.4, 0.5) is 4.39 Å². The van der Waals surface area contributed by atoms with Gasteiger partial charge in [0.1, 0.15) is 5.82 Å². The molecule has 0 bridgehead atoms. The lowest BCUT2D eigenvalue weighted by Gasteiger charge is -2.10. The molecular formula is C18H19ClFNO2. The number of hydrogen-bond acceptors (Lipinski definition) is 2. The van der Waals surface area contributed by atoms with E-state index >= 15 is 0 Å². The van der Waals surface area contributed by atoms with Crippen LogP contribution in [0.25, 0.3) is 0 Å². The van der Waals surface area contributed by atoms with Crippen LogP contribution < -0.4 is 5.32 Å². The summed E-state index contributed by atoms with van der Waals surface area (Å²) in [6.07, 6.45) is 0.157. The van der Waals surface area contributed by atoms with Gasteiger partial charge in [0.15, 0.2) is 0 Å². The van der Waals surface area contributed by atoms with Crippen LogP contribution in [0.3, 0.4) is 0 Å². The second-order valence-electron chi connectivity index (χ2n) is 5.49. The van der Waals surface area contributed by atoms with Gasteiger partial charge < -0.3 is 10.1 Å². The summed E-state index contributed by atoms with van der Waals surface area (Å²) in [7, 11) is 0. The van der Waals surface area contributed by atoms with E-state index in [9.17, 15) is 9.18 Å². The molecule has 3 nitrogen and oxygen atoms in total. The zero-order valence-electron chi connectivity index (χ0n) is 13.1. The first kappa shape index (κ1) is 17.4. The SMILES string of the molecule is CC(C)OCc1cccc(CNC(=O)c2cc(Cl)ccc2F)c1. The predicted octanol–water partition coefficient (Wildman–Crippen LogP) is 4.33. The Morgan fingerprint density at radius 1 is 1.22 bits per heavy atom. The van der Waals surface area contributed by atoms with Gasteiger partial charge in [0.25, 0.3) is 5.91 Å². The van der Waals surface area contributed by atoms with Crippen molar-refractivity contribution in [3.05, 3.63) is 70.0 Å². The largest absolute Gasteiger partial charge is 0.374 e. The molecule has 2 aromatic rings. The first-order valence-electron chi connectivity index (χ1n) is 7.38. The van der Waals surface area contributed by atoms with Gasteiger partial charge in [0.2, 0.25) is 0 Å². The van der Waals surface area contributed by atoms with E-state index < -0.39 is 11.7 Å². The molecule has 0 aromatic heterocycles. The molecule has 0 aliphatic heterocycles. The van der Waals surface area contributed by atoms with Crippen molar-refractivity contribution < 1.29 is 13.9 Å². The predicted molar refractivity (Wildman–Crippen MR) is 88.9 cm³/mol. The molecule has 0 aliphatic rings. The lowest BCUT2D eigenvalue weighted by atomic mass is 10.1. The van der Waals surface area contributed by atoms with Crippen LogP contribution in [0.2, 0.25) is 5.02 Å². The molecule has 122 valence electrons. The molecule has 0 radical (unpaired) electrons. The summed E-state index contributed by atoms with van der Waals surface area (Å²) in [6, 6.07) is 11.6. The highest BCUT2D eigenvalue weighted by atomic mass is 35.5. The van der Waals surface area contributed by atoms with Crippen LogP contribution in [0.1, 0.15) is 35.3 Å². The Bertz CT molecular complexity index is 688. The highest BCUT2D eigenvalue weighted by Crippen LogP contribution is 2.15. The Labute approximate surface area is 140 Å². The molecule has 23 heavy (non-hydrogen) atoms. The van der Waals surface area contributed by atoms with Gasteiger partial charge in [-0.2, -0.15) is 0 Å². The van der Waals surface area contributed by atoms with E-state index in [-0.39, 0.29) is 11.7 Å². The summed E-state index contributed by atoms with van der Waals surface area (Å²) in [6.45, 7) is 4.77. The minimum absolute atomic E-state index is 0.0585. The third-order valence-electron chi connectivity index (χ3n) is 3.20. The van der Waals surface area contributed by atoms with Crippen molar-refractivity contribution in [1.82, 2.24) is 5.32 Å². The average Bonchev–Trinajstić information content (AvgIpc) is 2.53. The van der Waals surface area contributed by atoms with Crippen molar-refractivity contribution in [3.8, 4) is 0 Å². The van der Waals surface area contributed by atoms with Gasteiger partial charge >= 0.3 is 0 Å². The number of benzene rings is 2. The summed E-state index contributed by atoms with van der Waals surface area (Å²) in [5.74, 6) is -1.08. The maximum atomic E-state index is 13.6. The van der Waals surface area contributed by atoms with Gasteiger partial charge in [0.05, 0.1) is 18.3 Å². The third kappa shape index (κ3) is 5.34. The topological polar surface area (TPSA) is 38.3 Å². The number of nitrogens with one attached hydrogen (secondary N) is 1. The zero-order valence-corrected chi connectivity index (χ0v) is 13.9. The summed E-state index contributed by atoms with van der Waals surface area (Å²) in [5, 5.41) is 3.02. The molecule has 2 aromatic carbocycles. The number of carbonyl (C=O) groups is 1. The normalized spacial score (nSPS) is 10.8. The first-order valence-corrected chi connectivity index (χ1v) is 7.76. The maximum absolute atomic E-state index is 13.6. The molecule has 1 amide bonds. The third-order valence-corrected chi connectivity index (χ3v) is 3.44. The molecule has 0 unspecified atom stereocenters. The van der Waals surface area contributed by atoms with E-state index in [1.165, 1.54) is 18.2 Å². The number of carbonyl (C=O) groups excluding carboxylic acids is 1. The quantitative estimate of drug-likeness (QED) is 0.853. The van der Waals surface area contributed by atoms with Gasteiger partial charge in [-0.1, -0.05) is 35.9 Å². The molecule has 0 saturated carbocycles. The van der Waals surface area contributed by atoms with Gasteiger partial charge in [0, 0.05) is 11.6 Å². The lowest BCUT2D eigenvalue weighted by molar-refractivity contribution is 0.0657. The molecule has 0 saturated heterocycles. The highest BCUT2D eigenvalue weighted by Gasteiger charge is 2.12. The van der Waals surface area contributed by atoms with Crippen LogP contribution >= 0.6 is 11.6 Å². The average molecular weight is 336 g/mol. The van der Waals surface area contributed by atoms with Crippen molar-refractivity contribution in [3.63, 3.8) is 0 Å². The van der Waals surface area contributed by atoms with Crippen molar-refractivity contribution in [2.45, 2.75) is 33.1 Å². The van der Waals surface area contributed by atoms with Crippen LogP contribution in [0, 0.1) is 5.82 Å². The fourth-order valence-electron chi connectivity index (χ4n) is 2.04. The monoisotopic (exact) mass is 335 g/mol. The van der Waals surface area contributed by atoms with Crippen molar-refractivity contribution >= 4 is 17.5 Å². The molecule has 0 fully saturated rings. The summed E-state index contributed by atoms with van der Waals surface area (Å²) >= 11 is 5.80. The number of amides is 1. The number of halogens is 2. The van der Waals surface area contributed by atoms with Gasteiger partial charge in [-0.25, -0.2) is 4.39 Å². The second-order valence-corrected chi connectivity index (χ2v) is 5.92. The Morgan fingerprint density at radius 2 is 1.96 bits per heavy atom. The molecule has 0 atom stereocenters. The Balaban J connectivity index is 1.99. The Morgan fingerprint density at radius 3 is 2.70 bits per heavy atom. The maximum Gasteiger partial charge on any atom is 0.254 e. The summed E-state index contributed by atoms with van der Waals surface area (Å²) in [5.41, 5.74) is 1.89. The molecular weight excluding hydrogens is 317 g/mol. The van der Waals surface area contributed by atoms with E-state index in [1.54, 1.807) is 0 Å². The molecule has 1 N–H and O–H groups in total. The molecule has 0 heterocycles. The van der Waals surface area contributed by atoms with Gasteiger partial charge in [-0.15, -0.1) is 0 Å². The molecule has 5 heteroatoms. The summed E-state index contributed by atoms with van der Waals surface area (Å²) in [4.78, 5) is 12.1. The Kier molecular flexibility index (Phi) is 6.13. The van der Waals surface area contributed by atoms with E-state index in [0.717, 1.165) is 11.1 Å². The standard InChI is InChI=1S/C18H19ClFNO2/c1-12(2)23-11-14-5-3-4-13(8-14)10-21-18(22)16-9-15(19)6-7-17(16)20/h3-9,12H,10-11H2,1-2H3,(H,21,22). The minimum atomic E-state index is -0.592. The first-order chi connectivity index (χ1) is 11.0. The van der Waals surface area contributed by atoms with Crippen molar-refractivity contribution in [2.75, 3.05) is 0 Å². The second kappa shape index (κ2) is 8.09. The van der Waals surface area contributed by atoms with E-state index in [1.807, 2.05) is 38.1 Å². The van der Waals surface area contributed by atoms with Crippen LogP contribution in [-0.4, -0.2) is 12.0 Å². The van der Waals surface area contributed by atoms with E-state index in [0.29, 0.717) is 18.2 Å². The number of hydrogen-bond donors (Lipinski definition) is 1. The van der Waals surface area contributed by atoms with Crippen molar-refractivity contribution in [1.29, 1.82) is 0 Å². The van der Waals surface area contributed by atoms with Crippen LogP contribution in [0.5, 0.6) is 0 Å². The van der Waals surface area contributed by atoms with Gasteiger partial charge in [-0.05, 0) is 43.2 Å². The number of ether oxygens (including phenoxy) is 1. The molecule has 0 aliphatic carbocycles.